The molecule has 1 unspecified atom stereocenters. The molecule has 0 saturated heterocycles. The fraction of sp³-hybridized carbons (Fsp3) is 0.500. The molecule has 0 spiro atoms. The highest BCUT2D eigenvalue weighted by Crippen LogP contribution is 2.19. The predicted molar refractivity (Wildman–Crippen MR) is 88.4 cm³/mol. The number of nitrogens with one attached hydrogen (secondary N) is 1. The van der Waals surface area contributed by atoms with E-state index in [9.17, 15) is 0 Å². The molecule has 114 valence electrons. The second kappa shape index (κ2) is 7.99. The number of hydrogen-bond donors (Lipinski definition) is 1. The Hall–Kier alpha value is -1.61. The minimum Gasteiger partial charge on any atom is -0.334 e. The minimum atomic E-state index is 0.331. The fourth-order valence-corrected chi connectivity index (χ4v) is 2.81. The third-order valence-electron chi connectivity index (χ3n) is 3.78. The molecule has 1 aromatic heterocycles. The van der Waals surface area contributed by atoms with Gasteiger partial charge in [-0.3, -0.25) is 0 Å². The van der Waals surface area contributed by atoms with Gasteiger partial charge in [-0.1, -0.05) is 43.7 Å². The molecule has 0 bridgehead atoms. The molecule has 1 N–H and O–H groups in total. The van der Waals surface area contributed by atoms with Gasteiger partial charge >= 0.3 is 0 Å². The summed E-state index contributed by atoms with van der Waals surface area (Å²) in [6, 6.07) is 9.12. The van der Waals surface area contributed by atoms with E-state index in [4.69, 9.17) is 0 Å². The lowest BCUT2D eigenvalue weighted by molar-refractivity contribution is 0.463. The first-order valence-electron chi connectivity index (χ1n) is 8.04. The van der Waals surface area contributed by atoms with E-state index in [-0.39, 0.29) is 0 Å². The Morgan fingerprint density at radius 3 is 2.86 bits per heavy atom. The van der Waals surface area contributed by atoms with E-state index >= 15 is 0 Å². The van der Waals surface area contributed by atoms with Gasteiger partial charge in [0.1, 0.15) is 5.82 Å². The lowest BCUT2D eigenvalue weighted by Gasteiger charge is -2.19. The van der Waals surface area contributed by atoms with Crippen molar-refractivity contribution in [2.24, 2.45) is 0 Å². The first-order valence-corrected chi connectivity index (χ1v) is 8.04. The molecule has 0 aliphatic rings. The van der Waals surface area contributed by atoms with E-state index in [1.165, 1.54) is 17.0 Å². The molecule has 3 heteroatoms. The van der Waals surface area contributed by atoms with Crippen LogP contribution in [0.15, 0.2) is 36.7 Å². The maximum Gasteiger partial charge on any atom is 0.125 e. The molecule has 0 amide bonds. The summed E-state index contributed by atoms with van der Waals surface area (Å²) >= 11 is 0. The Balaban J connectivity index is 2.06. The summed E-state index contributed by atoms with van der Waals surface area (Å²) in [7, 11) is 0. The molecule has 0 aliphatic heterocycles. The molecule has 21 heavy (non-hydrogen) atoms. The molecule has 0 saturated carbocycles. The SMILES string of the molecule is CCCn1ccnc1C(CCc1cccc(C)c1)NCC. The number of aryl methyl sites for hydroxylation is 3. The second-order valence-corrected chi connectivity index (χ2v) is 5.62. The molecule has 1 aromatic carbocycles. The Kier molecular flexibility index (Phi) is 6.00. The highest BCUT2D eigenvalue weighted by molar-refractivity contribution is 5.22. The zero-order chi connectivity index (χ0) is 15.1. The van der Waals surface area contributed by atoms with Crippen LogP contribution in [0.5, 0.6) is 0 Å². The Morgan fingerprint density at radius 2 is 2.14 bits per heavy atom. The van der Waals surface area contributed by atoms with Crippen molar-refractivity contribution >= 4 is 0 Å². The van der Waals surface area contributed by atoms with Crippen LogP contribution in [0, 0.1) is 6.92 Å². The van der Waals surface area contributed by atoms with Crippen molar-refractivity contribution in [3.63, 3.8) is 0 Å². The van der Waals surface area contributed by atoms with E-state index in [1.54, 1.807) is 0 Å². The van der Waals surface area contributed by atoms with Crippen LogP contribution >= 0.6 is 0 Å². The first kappa shape index (κ1) is 15.8. The van der Waals surface area contributed by atoms with Crippen molar-refractivity contribution in [2.45, 2.75) is 52.6 Å². The molecule has 0 aliphatic carbocycles. The minimum absolute atomic E-state index is 0.331. The van der Waals surface area contributed by atoms with Gasteiger partial charge in [0.2, 0.25) is 0 Å². The average Bonchev–Trinajstić information content (AvgIpc) is 2.92. The van der Waals surface area contributed by atoms with Crippen LogP contribution in [0.25, 0.3) is 0 Å². The normalized spacial score (nSPS) is 12.5. The lowest BCUT2D eigenvalue weighted by Crippen LogP contribution is -2.25. The summed E-state index contributed by atoms with van der Waals surface area (Å²) < 4.78 is 2.28. The molecule has 3 nitrogen and oxygen atoms in total. The molecule has 0 fully saturated rings. The Morgan fingerprint density at radius 1 is 1.29 bits per heavy atom. The van der Waals surface area contributed by atoms with Gasteiger partial charge in [0, 0.05) is 18.9 Å². The van der Waals surface area contributed by atoms with Crippen molar-refractivity contribution in [2.75, 3.05) is 6.54 Å². The van der Waals surface area contributed by atoms with Gasteiger partial charge in [0.15, 0.2) is 0 Å². The van der Waals surface area contributed by atoms with E-state index in [2.05, 4.69) is 66.1 Å². The van der Waals surface area contributed by atoms with E-state index in [0.717, 1.165) is 32.4 Å². The zero-order valence-electron chi connectivity index (χ0n) is 13.5. The maximum absolute atomic E-state index is 4.58. The molecular weight excluding hydrogens is 258 g/mol. The number of nitrogens with zero attached hydrogens (tertiary/aromatic N) is 2. The van der Waals surface area contributed by atoms with Crippen LogP contribution in [-0.4, -0.2) is 16.1 Å². The van der Waals surface area contributed by atoms with Crippen molar-refractivity contribution in [1.29, 1.82) is 0 Å². The molecule has 2 aromatic rings. The molecule has 1 heterocycles. The van der Waals surface area contributed by atoms with Gasteiger partial charge in [-0.05, 0) is 38.3 Å². The first-order chi connectivity index (χ1) is 10.2. The van der Waals surface area contributed by atoms with Crippen LogP contribution in [-0.2, 0) is 13.0 Å². The predicted octanol–water partition coefficient (Wildman–Crippen LogP) is 3.88. The summed E-state index contributed by atoms with van der Waals surface area (Å²) in [6.07, 6.45) is 7.31. The van der Waals surface area contributed by atoms with E-state index in [0.29, 0.717) is 6.04 Å². The molecule has 1 atom stereocenters. The average molecular weight is 285 g/mol. The lowest BCUT2D eigenvalue weighted by atomic mass is 10.0. The van der Waals surface area contributed by atoms with E-state index in [1.807, 2.05) is 6.20 Å². The molecule has 2 rings (SSSR count). The van der Waals surface area contributed by atoms with Crippen molar-refractivity contribution < 1.29 is 0 Å². The van der Waals surface area contributed by atoms with Gasteiger partial charge in [0.05, 0.1) is 6.04 Å². The third-order valence-corrected chi connectivity index (χ3v) is 3.78. The third kappa shape index (κ3) is 4.43. The zero-order valence-corrected chi connectivity index (χ0v) is 13.5. The molecular formula is C18H27N3. The van der Waals surface area contributed by atoms with Crippen LogP contribution in [0.2, 0.25) is 0 Å². The number of hydrogen-bond acceptors (Lipinski definition) is 2. The van der Waals surface area contributed by atoms with Gasteiger partial charge < -0.3 is 9.88 Å². The summed E-state index contributed by atoms with van der Waals surface area (Å²) in [6.45, 7) is 8.53. The van der Waals surface area contributed by atoms with Crippen LogP contribution < -0.4 is 5.32 Å². The van der Waals surface area contributed by atoms with Crippen molar-refractivity contribution in [1.82, 2.24) is 14.9 Å². The fourth-order valence-electron chi connectivity index (χ4n) is 2.81. The van der Waals surface area contributed by atoms with Crippen LogP contribution in [0.1, 0.15) is 49.7 Å². The molecule has 0 radical (unpaired) electrons. The topological polar surface area (TPSA) is 29.9 Å². The summed E-state index contributed by atoms with van der Waals surface area (Å²) in [5.74, 6) is 1.17. The van der Waals surface area contributed by atoms with Crippen LogP contribution in [0.3, 0.4) is 0 Å². The van der Waals surface area contributed by atoms with Gasteiger partial charge in [-0.15, -0.1) is 0 Å². The largest absolute Gasteiger partial charge is 0.334 e. The Labute approximate surface area is 128 Å². The number of benzene rings is 1. The van der Waals surface area contributed by atoms with Gasteiger partial charge in [0.25, 0.3) is 0 Å². The van der Waals surface area contributed by atoms with Crippen LogP contribution in [0.4, 0.5) is 0 Å². The Bertz CT molecular complexity index is 545. The standard InChI is InChI=1S/C18H27N3/c1-4-12-21-13-11-20-18(21)17(19-5-2)10-9-16-8-6-7-15(3)14-16/h6-8,11,13-14,17,19H,4-5,9-10,12H2,1-3H3. The van der Waals surface area contributed by atoms with E-state index < -0.39 is 0 Å². The highest BCUT2D eigenvalue weighted by Gasteiger charge is 2.15. The summed E-state index contributed by atoms with van der Waals surface area (Å²) in [5, 5.41) is 3.59. The summed E-state index contributed by atoms with van der Waals surface area (Å²) in [5.41, 5.74) is 2.74. The summed E-state index contributed by atoms with van der Waals surface area (Å²) in [4.78, 5) is 4.58. The monoisotopic (exact) mass is 285 g/mol. The smallest absolute Gasteiger partial charge is 0.125 e. The second-order valence-electron chi connectivity index (χ2n) is 5.62. The number of rotatable bonds is 8. The number of imidazole rings is 1. The quantitative estimate of drug-likeness (QED) is 0.797. The van der Waals surface area contributed by atoms with Gasteiger partial charge in [-0.2, -0.15) is 0 Å². The highest BCUT2D eigenvalue weighted by atomic mass is 15.1. The van der Waals surface area contributed by atoms with Crippen molar-refractivity contribution in [3.05, 3.63) is 53.6 Å². The number of aromatic nitrogens is 2. The van der Waals surface area contributed by atoms with Gasteiger partial charge in [-0.25, -0.2) is 4.98 Å². The maximum atomic E-state index is 4.58. The van der Waals surface area contributed by atoms with Crippen molar-refractivity contribution in [3.8, 4) is 0 Å².